The molecule has 3 N–H and O–H groups in total. The standard InChI is InChI=1S/C10H17NO4/c1-11-6-2-7(12)3-8(11)10(15,4-6)5-9(13)14/h6-8,12,15H,2-5H2,1H3,(H,13,14). The van der Waals surface area contributed by atoms with E-state index in [1.54, 1.807) is 0 Å². The number of aliphatic carboxylic acids is 1. The van der Waals surface area contributed by atoms with Gasteiger partial charge in [-0.2, -0.15) is 0 Å². The molecule has 2 saturated heterocycles. The van der Waals surface area contributed by atoms with Gasteiger partial charge in [0.15, 0.2) is 0 Å². The number of nitrogens with zero attached hydrogens (tertiary/aromatic N) is 1. The first kappa shape index (κ1) is 10.9. The first-order valence-corrected chi connectivity index (χ1v) is 5.26. The van der Waals surface area contributed by atoms with E-state index in [4.69, 9.17) is 5.11 Å². The highest BCUT2D eigenvalue weighted by molar-refractivity contribution is 5.68. The van der Waals surface area contributed by atoms with Crippen molar-refractivity contribution in [2.75, 3.05) is 7.05 Å². The topological polar surface area (TPSA) is 81.0 Å². The van der Waals surface area contributed by atoms with Crippen LogP contribution in [0.2, 0.25) is 0 Å². The van der Waals surface area contributed by atoms with Gasteiger partial charge in [0.25, 0.3) is 0 Å². The molecular formula is C10H17NO4. The van der Waals surface area contributed by atoms with Crippen LogP contribution in [0.3, 0.4) is 0 Å². The average Bonchev–Trinajstić information content (AvgIpc) is 2.26. The van der Waals surface area contributed by atoms with Crippen LogP contribution in [0, 0.1) is 0 Å². The number of aliphatic hydroxyl groups excluding tert-OH is 1. The van der Waals surface area contributed by atoms with Gasteiger partial charge in [-0.3, -0.25) is 9.69 Å². The third-order valence-electron chi connectivity index (χ3n) is 3.77. The zero-order valence-electron chi connectivity index (χ0n) is 8.76. The molecule has 5 nitrogen and oxygen atoms in total. The zero-order valence-corrected chi connectivity index (χ0v) is 8.76. The summed E-state index contributed by atoms with van der Waals surface area (Å²) in [5.74, 6) is -0.979. The molecule has 0 saturated carbocycles. The minimum atomic E-state index is -1.16. The van der Waals surface area contributed by atoms with Gasteiger partial charge in [-0.1, -0.05) is 0 Å². The molecule has 0 aromatic heterocycles. The van der Waals surface area contributed by atoms with E-state index >= 15 is 0 Å². The Balaban J connectivity index is 2.19. The number of piperidine rings is 1. The largest absolute Gasteiger partial charge is 0.481 e. The number of likely N-dealkylation sites (N-methyl/N-ethyl adjacent to an activating group) is 1. The molecule has 0 spiro atoms. The quantitative estimate of drug-likeness (QED) is 0.574. The van der Waals surface area contributed by atoms with E-state index in [2.05, 4.69) is 0 Å². The Bertz CT molecular complexity index is 283. The summed E-state index contributed by atoms with van der Waals surface area (Å²) in [6.45, 7) is 0. The number of carbonyl (C=O) groups is 1. The number of hydrogen-bond acceptors (Lipinski definition) is 4. The van der Waals surface area contributed by atoms with E-state index in [0.29, 0.717) is 19.3 Å². The molecule has 86 valence electrons. The maximum Gasteiger partial charge on any atom is 0.306 e. The molecule has 0 aromatic rings. The molecule has 0 aliphatic carbocycles. The maximum atomic E-state index is 10.7. The molecular weight excluding hydrogens is 198 g/mol. The lowest BCUT2D eigenvalue weighted by atomic mass is 9.89. The molecule has 2 bridgehead atoms. The van der Waals surface area contributed by atoms with E-state index in [1.807, 2.05) is 11.9 Å². The van der Waals surface area contributed by atoms with Crippen LogP contribution < -0.4 is 0 Å². The summed E-state index contributed by atoms with van der Waals surface area (Å²) in [7, 11) is 1.89. The monoisotopic (exact) mass is 215 g/mol. The fourth-order valence-electron chi connectivity index (χ4n) is 3.08. The molecule has 2 fully saturated rings. The second-order valence-corrected chi connectivity index (χ2v) is 4.84. The highest BCUT2D eigenvalue weighted by Crippen LogP contribution is 2.42. The lowest BCUT2D eigenvalue weighted by Crippen LogP contribution is -2.49. The maximum absolute atomic E-state index is 10.7. The molecule has 2 aliphatic rings. The summed E-state index contributed by atoms with van der Waals surface area (Å²) < 4.78 is 0. The van der Waals surface area contributed by atoms with Gasteiger partial charge in [-0.25, -0.2) is 0 Å². The van der Waals surface area contributed by atoms with Crippen molar-refractivity contribution >= 4 is 5.97 Å². The summed E-state index contributed by atoms with van der Waals surface area (Å²) in [4.78, 5) is 12.7. The third kappa shape index (κ3) is 1.75. The SMILES string of the molecule is CN1C2CC(O)CC1C(O)(CC(=O)O)C2. The summed E-state index contributed by atoms with van der Waals surface area (Å²) >= 11 is 0. The van der Waals surface area contributed by atoms with Crippen molar-refractivity contribution in [1.82, 2.24) is 4.90 Å². The number of rotatable bonds is 2. The number of aliphatic hydroxyl groups is 2. The molecule has 4 atom stereocenters. The Morgan fingerprint density at radius 3 is 2.80 bits per heavy atom. The van der Waals surface area contributed by atoms with E-state index in [9.17, 15) is 15.0 Å². The van der Waals surface area contributed by atoms with E-state index in [-0.39, 0.29) is 18.5 Å². The summed E-state index contributed by atoms with van der Waals surface area (Å²) in [6.07, 6.45) is 0.924. The predicted molar refractivity (Wildman–Crippen MR) is 52.4 cm³/mol. The first-order chi connectivity index (χ1) is 6.92. The van der Waals surface area contributed by atoms with Gasteiger partial charge in [0.2, 0.25) is 0 Å². The number of hydrogen-bond donors (Lipinski definition) is 3. The predicted octanol–water partition coefficient (Wildman–Crippen LogP) is -0.580. The third-order valence-corrected chi connectivity index (χ3v) is 3.77. The molecule has 0 aromatic carbocycles. The second kappa shape index (κ2) is 3.43. The van der Waals surface area contributed by atoms with Gasteiger partial charge in [-0.05, 0) is 26.3 Å². The van der Waals surface area contributed by atoms with Crippen LogP contribution in [0.1, 0.15) is 25.7 Å². The Kier molecular flexibility index (Phi) is 2.48. The Labute approximate surface area is 88.3 Å². The van der Waals surface area contributed by atoms with E-state index < -0.39 is 17.7 Å². The zero-order chi connectivity index (χ0) is 11.2. The van der Waals surface area contributed by atoms with Crippen molar-refractivity contribution in [1.29, 1.82) is 0 Å². The summed E-state index contributed by atoms with van der Waals surface area (Å²) in [6, 6.07) is -0.106. The van der Waals surface area contributed by atoms with Crippen LogP contribution in [-0.4, -0.2) is 57.0 Å². The van der Waals surface area contributed by atoms with Crippen LogP contribution in [0.15, 0.2) is 0 Å². The van der Waals surface area contributed by atoms with E-state index in [1.165, 1.54) is 0 Å². The summed E-state index contributed by atoms with van der Waals surface area (Å²) in [5.41, 5.74) is -1.16. The second-order valence-electron chi connectivity index (χ2n) is 4.84. The molecule has 0 amide bonds. The van der Waals surface area contributed by atoms with Crippen molar-refractivity contribution in [2.24, 2.45) is 0 Å². The van der Waals surface area contributed by atoms with Gasteiger partial charge in [-0.15, -0.1) is 0 Å². The lowest BCUT2D eigenvalue weighted by Gasteiger charge is -2.37. The smallest absolute Gasteiger partial charge is 0.306 e. The normalized spacial score (nSPS) is 45.7. The van der Waals surface area contributed by atoms with Gasteiger partial charge in [0, 0.05) is 12.1 Å². The van der Waals surface area contributed by atoms with Crippen molar-refractivity contribution in [3.8, 4) is 0 Å². The molecule has 0 radical (unpaired) electrons. The van der Waals surface area contributed by atoms with Gasteiger partial charge >= 0.3 is 5.97 Å². The summed E-state index contributed by atoms with van der Waals surface area (Å²) in [5, 5.41) is 28.6. The Morgan fingerprint density at radius 2 is 2.20 bits per heavy atom. The van der Waals surface area contributed by atoms with Crippen LogP contribution >= 0.6 is 0 Å². The minimum Gasteiger partial charge on any atom is -0.481 e. The van der Waals surface area contributed by atoms with Crippen LogP contribution in [0.4, 0.5) is 0 Å². The molecule has 5 heteroatoms. The van der Waals surface area contributed by atoms with Crippen LogP contribution in [0.25, 0.3) is 0 Å². The number of carboxylic acids is 1. The van der Waals surface area contributed by atoms with Gasteiger partial charge in [0.05, 0.1) is 18.1 Å². The molecule has 2 heterocycles. The molecule has 2 aliphatic heterocycles. The molecule has 15 heavy (non-hydrogen) atoms. The highest BCUT2D eigenvalue weighted by Gasteiger charge is 2.54. The Hall–Kier alpha value is -0.650. The fraction of sp³-hybridized carbons (Fsp3) is 0.900. The van der Waals surface area contributed by atoms with Crippen molar-refractivity contribution in [2.45, 2.75) is 49.5 Å². The fourth-order valence-corrected chi connectivity index (χ4v) is 3.08. The molecule has 2 rings (SSSR count). The molecule has 4 unspecified atom stereocenters. The van der Waals surface area contributed by atoms with Crippen molar-refractivity contribution in [3.63, 3.8) is 0 Å². The van der Waals surface area contributed by atoms with E-state index in [0.717, 1.165) is 0 Å². The number of fused-ring (bicyclic) bond motifs is 2. The van der Waals surface area contributed by atoms with Gasteiger partial charge in [0.1, 0.15) is 0 Å². The number of carboxylic acid groups (broad SMARTS) is 1. The Morgan fingerprint density at radius 1 is 1.53 bits per heavy atom. The van der Waals surface area contributed by atoms with Crippen LogP contribution in [0.5, 0.6) is 0 Å². The minimum absolute atomic E-state index is 0.114. The van der Waals surface area contributed by atoms with Crippen molar-refractivity contribution in [3.05, 3.63) is 0 Å². The lowest BCUT2D eigenvalue weighted by molar-refractivity contribution is -0.144. The average molecular weight is 215 g/mol. The van der Waals surface area contributed by atoms with Crippen molar-refractivity contribution < 1.29 is 20.1 Å². The van der Waals surface area contributed by atoms with Gasteiger partial charge < -0.3 is 15.3 Å². The van der Waals surface area contributed by atoms with Crippen LogP contribution in [-0.2, 0) is 4.79 Å². The highest BCUT2D eigenvalue weighted by atomic mass is 16.4. The first-order valence-electron chi connectivity index (χ1n) is 5.26.